The SMILES string of the molecule is CCc1ccsc1C(Br)c1ccc(F)c2ccccc12. The summed E-state index contributed by atoms with van der Waals surface area (Å²) in [4.78, 5) is 1.42. The lowest BCUT2D eigenvalue weighted by Crippen LogP contribution is -1.96. The smallest absolute Gasteiger partial charge is 0.131 e. The van der Waals surface area contributed by atoms with E-state index >= 15 is 0 Å². The normalized spacial score (nSPS) is 12.8. The van der Waals surface area contributed by atoms with Crippen molar-refractivity contribution < 1.29 is 4.39 Å². The molecule has 20 heavy (non-hydrogen) atoms. The van der Waals surface area contributed by atoms with Gasteiger partial charge in [0.25, 0.3) is 0 Å². The minimum Gasteiger partial charge on any atom is -0.206 e. The molecule has 0 radical (unpaired) electrons. The summed E-state index contributed by atoms with van der Waals surface area (Å²) in [5.41, 5.74) is 2.48. The fraction of sp³-hybridized carbons (Fsp3) is 0.176. The van der Waals surface area contributed by atoms with Gasteiger partial charge in [-0.25, -0.2) is 4.39 Å². The van der Waals surface area contributed by atoms with Gasteiger partial charge in [-0.1, -0.05) is 53.2 Å². The molecule has 1 aromatic heterocycles. The predicted octanol–water partition coefficient (Wildman–Crippen LogP) is 6.09. The number of fused-ring (bicyclic) bond motifs is 1. The Labute approximate surface area is 130 Å². The van der Waals surface area contributed by atoms with Crippen LogP contribution in [0.5, 0.6) is 0 Å². The van der Waals surface area contributed by atoms with Gasteiger partial charge in [-0.3, -0.25) is 0 Å². The van der Waals surface area contributed by atoms with Gasteiger partial charge in [0, 0.05) is 10.3 Å². The maximum atomic E-state index is 13.9. The van der Waals surface area contributed by atoms with Gasteiger partial charge in [0.1, 0.15) is 5.82 Å². The summed E-state index contributed by atoms with van der Waals surface area (Å²) >= 11 is 5.55. The molecule has 3 heteroatoms. The van der Waals surface area contributed by atoms with Crippen molar-refractivity contribution in [3.05, 3.63) is 69.7 Å². The maximum Gasteiger partial charge on any atom is 0.131 e. The standard InChI is InChI=1S/C17H14BrFS/c1-2-11-9-10-20-17(11)16(18)14-7-8-15(19)13-6-4-3-5-12(13)14/h3-10,16H,2H2,1H3. The highest BCUT2D eigenvalue weighted by molar-refractivity contribution is 9.09. The first-order valence-electron chi connectivity index (χ1n) is 6.60. The van der Waals surface area contributed by atoms with Crippen molar-refractivity contribution in [2.45, 2.75) is 18.2 Å². The van der Waals surface area contributed by atoms with E-state index in [-0.39, 0.29) is 10.6 Å². The van der Waals surface area contributed by atoms with Crippen molar-refractivity contribution in [1.29, 1.82) is 0 Å². The van der Waals surface area contributed by atoms with Gasteiger partial charge >= 0.3 is 0 Å². The minimum atomic E-state index is -0.161. The van der Waals surface area contributed by atoms with E-state index in [1.165, 1.54) is 10.4 Å². The second kappa shape index (κ2) is 5.66. The molecule has 3 aromatic rings. The van der Waals surface area contributed by atoms with Gasteiger partial charge in [-0.15, -0.1) is 11.3 Å². The van der Waals surface area contributed by atoms with Crippen LogP contribution in [0.3, 0.4) is 0 Å². The highest BCUT2D eigenvalue weighted by Crippen LogP contribution is 2.40. The molecule has 1 heterocycles. The molecule has 0 saturated heterocycles. The molecule has 0 saturated carbocycles. The first kappa shape index (κ1) is 13.8. The van der Waals surface area contributed by atoms with E-state index in [4.69, 9.17) is 0 Å². The molecule has 102 valence electrons. The van der Waals surface area contributed by atoms with Crippen molar-refractivity contribution in [1.82, 2.24) is 0 Å². The Balaban J connectivity index is 2.17. The molecule has 0 N–H and O–H groups in total. The van der Waals surface area contributed by atoms with Crippen LogP contribution >= 0.6 is 27.3 Å². The van der Waals surface area contributed by atoms with Crippen LogP contribution < -0.4 is 0 Å². The first-order chi connectivity index (χ1) is 9.72. The molecular formula is C17H14BrFS. The molecule has 2 aromatic carbocycles. The lowest BCUT2D eigenvalue weighted by atomic mass is 9.99. The number of hydrogen-bond acceptors (Lipinski definition) is 1. The Morgan fingerprint density at radius 2 is 1.85 bits per heavy atom. The monoisotopic (exact) mass is 348 g/mol. The molecule has 0 fully saturated rings. The van der Waals surface area contributed by atoms with E-state index in [0.29, 0.717) is 5.39 Å². The molecule has 0 aliphatic carbocycles. The summed E-state index contributed by atoms with van der Waals surface area (Å²) in [6, 6.07) is 13.3. The number of benzene rings is 2. The lowest BCUT2D eigenvalue weighted by molar-refractivity contribution is 0.639. The fourth-order valence-electron chi connectivity index (χ4n) is 2.51. The van der Waals surface area contributed by atoms with Crippen molar-refractivity contribution in [2.75, 3.05) is 0 Å². The summed E-state index contributed by atoms with van der Waals surface area (Å²) in [5.74, 6) is -0.161. The third-order valence-electron chi connectivity index (χ3n) is 3.57. The quantitative estimate of drug-likeness (QED) is 0.502. The van der Waals surface area contributed by atoms with Crippen LogP contribution in [0.25, 0.3) is 10.8 Å². The van der Waals surface area contributed by atoms with Gasteiger partial charge in [0.15, 0.2) is 0 Å². The van der Waals surface area contributed by atoms with E-state index in [9.17, 15) is 4.39 Å². The van der Waals surface area contributed by atoms with Crippen molar-refractivity contribution >= 4 is 38.0 Å². The number of rotatable bonds is 3. The Morgan fingerprint density at radius 3 is 2.60 bits per heavy atom. The zero-order valence-electron chi connectivity index (χ0n) is 11.1. The van der Waals surface area contributed by atoms with E-state index in [1.54, 1.807) is 17.4 Å². The van der Waals surface area contributed by atoms with Crippen LogP contribution in [0.1, 0.15) is 27.8 Å². The molecule has 0 bridgehead atoms. The highest BCUT2D eigenvalue weighted by atomic mass is 79.9. The van der Waals surface area contributed by atoms with Gasteiger partial charge < -0.3 is 0 Å². The number of aryl methyl sites for hydroxylation is 1. The van der Waals surface area contributed by atoms with Gasteiger partial charge in [-0.2, -0.15) is 0 Å². The van der Waals surface area contributed by atoms with Crippen molar-refractivity contribution in [3.8, 4) is 0 Å². The van der Waals surface area contributed by atoms with Gasteiger partial charge in [0.2, 0.25) is 0 Å². The average molecular weight is 349 g/mol. The topological polar surface area (TPSA) is 0 Å². The van der Waals surface area contributed by atoms with Gasteiger partial charge in [0.05, 0.1) is 4.83 Å². The Hall–Kier alpha value is -1.19. The number of thiophene rings is 1. The molecule has 0 amide bonds. The molecule has 0 spiro atoms. The van der Waals surface area contributed by atoms with Gasteiger partial charge in [-0.05, 0) is 40.4 Å². The number of halogens is 2. The number of hydrogen-bond donors (Lipinski definition) is 0. The molecule has 1 atom stereocenters. The Bertz CT molecular complexity index is 748. The summed E-state index contributed by atoms with van der Waals surface area (Å²) in [6.07, 6.45) is 1.01. The van der Waals surface area contributed by atoms with Crippen LogP contribution in [0, 0.1) is 5.82 Å². The summed E-state index contributed by atoms with van der Waals surface area (Å²) in [7, 11) is 0. The third-order valence-corrected chi connectivity index (χ3v) is 5.85. The molecule has 0 nitrogen and oxygen atoms in total. The van der Waals surface area contributed by atoms with Crippen LogP contribution in [-0.2, 0) is 6.42 Å². The summed E-state index contributed by atoms with van der Waals surface area (Å²) in [5, 5.41) is 3.78. The second-order valence-electron chi connectivity index (χ2n) is 4.71. The van der Waals surface area contributed by atoms with Crippen LogP contribution in [0.15, 0.2) is 47.8 Å². The molecule has 0 aliphatic heterocycles. The number of alkyl halides is 1. The largest absolute Gasteiger partial charge is 0.206 e. The zero-order valence-corrected chi connectivity index (χ0v) is 13.5. The highest BCUT2D eigenvalue weighted by Gasteiger charge is 2.18. The molecule has 1 unspecified atom stereocenters. The Kier molecular flexibility index (Phi) is 3.90. The van der Waals surface area contributed by atoms with E-state index in [0.717, 1.165) is 17.4 Å². The minimum absolute atomic E-state index is 0.114. The van der Waals surface area contributed by atoms with Crippen LogP contribution in [0.2, 0.25) is 0 Å². The second-order valence-corrected chi connectivity index (χ2v) is 6.57. The molecular weight excluding hydrogens is 335 g/mol. The van der Waals surface area contributed by atoms with E-state index in [2.05, 4.69) is 34.3 Å². The predicted molar refractivity (Wildman–Crippen MR) is 88.4 cm³/mol. The third kappa shape index (κ3) is 2.29. The summed E-state index contributed by atoms with van der Waals surface area (Å²) in [6.45, 7) is 2.16. The van der Waals surface area contributed by atoms with Crippen LogP contribution in [-0.4, -0.2) is 0 Å². The molecule has 0 aliphatic rings. The summed E-state index contributed by atoms with van der Waals surface area (Å²) < 4.78 is 13.9. The lowest BCUT2D eigenvalue weighted by Gasteiger charge is -2.14. The Morgan fingerprint density at radius 1 is 1.10 bits per heavy atom. The maximum absolute atomic E-state index is 13.9. The zero-order chi connectivity index (χ0) is 14.1. The van der Waals surface area contributed by atoms with E-state index < -0.39 is 0 Å². The average Bonchev–Trinajstić information content (AvgIpc) is 2.96. The van der Waals surface area contributed by atoms with Crippen molar-refractivity contribution in [2.24, 2.45) is 0 Å². The fourth-order valence-corrected chi connectivity index (χ4v) is 4.52. The molecule has 3 rings (SSSR count). The van der Waals surface area contributed by atoms with E-state index in [1.807, 2.05) is 30.3 Å². The van der Waals surface area contributed by atoms with Crippen LogP contribution in [0.4, 0.5) is 4.39 Å². The van der Waals surface area contributed by atoms with Crippen molar-refractivity contribution in [3.63, 3.8) is 0 Å². The first-order valence-corrected chi connectivity index (χ1v) is 8.39.